The van der Waals surface area contributed by atoms with Crippen LogP contribution in [-0.2, 0) is 9.59 Å². The monoisotopic (exact) mass is 326 g/mol. The van der Waals surface area contributed by atoms with Crippen molar-refractivity contribution in [2.24, 2.45) is 0 Å². The molecule has 2 amide bonds. The number of nitrogens with zero attached hydrogens (tertiary/aromatic N) is 2. The number of rotatable bonds is 5. The molecule has 0 radical (unpaired) electrons. The summed E-state index contributed by atoms with van der Waals surface area (Å²) in [6, 6.07) is 10.2. The van der Waals surface area contributed by atoms with Gasteiger partial charge in [-0.05, 0) is 19.2 Å². The van der Waals surface area contributed by atoms with Gasteiger partial charge in [-0.1, -0.05) is 18.2 Å². The third kappa shape index (κ3) is 5.20. The Bertz CT molecular complexity index is 476. The number of carbonyl (C=O) groups is 2. The number of para-hydroxylation sites is 1. The summed E-state index contributed by atoms with van der Waals surface area (Å²) in [5.74, 6) is -0.180. The molecule has 1 fully saturated rings. The van der Waals surface area contributed by atoms with Crippen LogP contribution in [0.3, 0.4) is 0 Å². The van der Waals surface area contributed by atoms with E-state index in [2.05, 4.69) is 27.7 Å². The van der Waals surface area contributed by atoms with Gasteiger partial charge in [0.1, 0.15) is 0 Å². The number of amides is 2. The summed E-state index contributed by atoms with van der Waals surface area (Å²) in [5.41, 5.74) is 1.19. The van der Waals surface area contributed by atoms with Crippen LogP contribution < -0.4 is 15.5 Å². The summed E-state index contributed by atoms with van der Waals surface area (Å²) < 4.78 is 0. The summed E-state index contributed by atoms with van der Waals surface area (Å²) in [6.45, 7) is 3.33. The number of hydrogen-bond donors (Lipinski definition) is 2. The Labute approximate surface area is 137 Å². The van der Waals surface area contributed by atoms with Crippen LogP contribution >= 0.6 is 12.4 Å². The van der Waals surface area contributed by atoms with Crippen molar-refractivity contribution in [2.75, 3.05) is 51.2 Å². The molecule has 1 aliphatic heterocycles. The van der Waals surface area contributed by atoms with E-state index in [0.29, 0.717) is 13.1 Å². The van der Waals surface area contributed by atoms with Crippen LogP contribution in [0.5, 0.6) is 0 Å². The molecule has 1 aromatic carbocycles. The lowest BCUT2D eigenvalue weighted by molar-refractivity contribution is -0.132. The highest BCUT2D eigenvalue weighted by molar-refractivity contribution is 5.86. The lowest BCUT2D eigenvalue weighted by atomic mass is 10.2. The average Bonchev–Trinajstić information content (AvgIpc) is 2.54. The second kappa shape index (κ2) is 9.27. The molecule has 0 aliphatic carbocycles. The normalized spacial score (nSPS) is 14.2. The van der Waals surface area contributed by atoms with E-state index in [9.17, 15) is 9.59 Å². The number of piperazine rings is 1. The van der Waals surface area contributed by atoms with Gasteiger partial charge in [-0.15, -0.1) is 12.4 Å². The molecule has 0 bridgehead atoms. The zero-order chi connectivity index (χ0) is 15.1. The van der Waals surface area contributed by atoms with E-state index < -0.39 is 0 Å². The summed E-state index contributed by atoms with van der Waals surface area (Å²) in [7, 11) is 1.70. The predicted molar refractivity (Wildman–Crippen MR) is 89.4 cm³/mol. The maximum absolute atomic E-state index is 12.0. The maximum Gasteiger partial charge on any atom is 0.242 e. The van der Waals surface area contributed by atoms with Crippen molar-refractivity contribution in [1.82, 2.24) is 15.5 Å². The van der Waals surface area contributed by atoms with Crippen molar-refractivity contribution in [3.8, 4) is 0 Å². The molecular formula is C15H23ClN4O2. The van der Waals surface area contributed by atoms with E-state index in [-0.39, 0.29) is 37.3 Å². The van der Waals surface area contributed by atoms with E-state index >= 15 is 0 Å². The summed E-state index contributed by atoms with van der Waals surface area (Å²) in [6.07, 6.45) is 0. The first kappa shape index (κ1) is 18.3. The van der Waals surface area contributed by atoms with Gasteiger partial charge in [0.2, 0.25) is 11.8 Å². The first-order valence-electron chi connectivity index (χ1n) is 7.20. The van der Waals surface area contributed by atoms with Crippen LogP contribution in [0.4, 0.5) is 5.69 Å². The maximum atomic E-state index is 12.0. The molecule has 0 unspecified atom stereocenters. The quantitative estimate of drug-likeness (QED) is 0.805. The van der Waals surface area contributed by atoms with Gasteiger partial charge in [-0.3, -0.25) is 9.59 Å². The van der Waals surface area contributed by atoms with Crippen molar-refractivity contribution >= 4 is 29.9 Å². The molecule has 0 saturated carbocycles. The van der Waals surface area contributed by atoms with Gasteiger partial charge < -0.3 is 20.4 Å². The van der Waals surface area contributed by atoms with Gasteiger partial charge in [0, 0.05) is 31.9 Å². The van der Waals surface area contributed by atoms with Gasteiger partial charge in [0.15, 0.2) is 0 Å². The number of hydrogen-bond acceptors (Lipinski definition) is 4. The number of carbonyl (C=O) groups excluding carboxylic acids is 2. The molecule has 22 heavy (non-hydrogen) atoms. The highest BCUT2D eigenvalue weighted by Gasteiger charge is 2.21. The molecule has 7 heteroatoms. The Balaban J connectivity index is 0.00000242. The minimum absolute atomic E-state index is 0. The largest absolute Gasteiger partial charge is 0.368 e. The van der Waals surface area contributed by atoms with Crippen molar-refractivity contribution in [2.45, 2.75) is 0 Å². The number of halogens is 1. The highest BCUT2D eigenvalue weighted by atomic mass is 35.5. The zero-order valence-corrected chi connectivity index (χ0v) is 13.6. The number of likely N-dealkylation sites (N-methyl/N-ethyl adjacent to an activating group) is 1. The fraction of sp³-hybridized carbons (Fsp3) is 0.467. The van der Waals surface area contributed by atoms with E-state index in [1.807, 2.05) is 18.2 Å². The Morgan fingerprint density at radius 3 is 2.27 bits per heavy atom. The van der Waals surface area contributed by atoms with E-state index in [4.69, 9.17) is 0 Å². The van der Waals surface area contributed by atoms with Crippen LogP contribution in [0.1, 0.15) is 0 Å². The molecule has 6 nitrogen and oxygen atoms in total. The third-order valence-corrected chi connectivity index (χ3v) is 3.53. The minimum atomic E-state index is -0.159. The molecule has 0 spiro atoms. The molecule has 1 saturated heterocycles. The molecule has 0 aromatic heterocycles. The van der Waals surface area contributed by atoms with Crippen LogP contribution in [0, 0.1) is 0 Å². The van der Waals surface area contributed by atoms with Crippen molar-refractivity contribution in [3.05, 3.63) is 30.3 Å². The van der Waals surface area contributed by atoms with Crippen molar-refractivity contribution in [1.29, 1.82) is 0 Å². The molecule has 1 aromatic rings. The Morgan fingerprint density at radius 2 is 1.68 bits per heavy atom. The number of benzene rings is 1. The molecule has 2 rings (SSSR count). The number of nitrogens with one attached hydrogen (secondary N) is 2. The van der Waals surface area contributed by atoms with Gasteiger partial charge in [0.05, 0.1) is 13.1 Å². The van der Waals surface area contributed by atoms with Crippen LogP contribution in [0.25, 0.3) is 0 Å². The Hall–Kier alpha value is -1.79. The van der Waals surface area contributed by atoms with E-state index in [0.717, 1.165) is 13.1 Å². The second-order valence-corrected chi connectivity index (χ2v) is 5.01. The van der Waals surface area contributed by atoms with Crippen LogP contribution in [0.2, 0.25) is 0 Å². The summed E-state index contributed by atoms with van der Waals surface area (Å²) >= 11 is 0. The standard InChI is InChI=1S/C15H22N4O2.ClH/c1-16-11-14(20)17-12-15(21)19-9-7-18(8-10-19)13-5-3-2-4-6-13;/h2-6,16H,7-12H2,1H3,(H,17,20);1H. The van der Waals surface area contributed by atoms with Crippen molar-refractivity contribution < 1.29 is 9.59 Å². The fourth-order valence-electron chi connectivity index (χ4n) is 2.36. The molecule has 122 valence electrons. The minimum Gasteiger partial charge on any atom is -0.368 e. The molecule has 2 N–H and O–H groups in total. The lowest BCUT2D eigenvalue weighted by Gasteiger charge is -2.36. The summed E-state index contributed by atoms with van der Waals surface area (Å²) in [4.78, 5) is 27.4. The zero-order valence-electron chi connectivity index (χ0n) is 12.7. The topological polar surface area (TPSA) is 64.7 Å². The van der Waals surface area contributed by atoms with Gasteiger partial charge in [-0.25, -0.2) is 0 Å². The second-order valence-electron chi connectivity index (χ2n) is 5.01. The van der Waals surface area contributed by atoms with Gasteiger partial charge >= 0.3 is 0 Å². The average molecular weight is 327 g/mol. The van der Waals surface area contributed by atoms with Crippen molar-refractivity contribution in [3.63, 3.8) is 0 Å². The van der Waals surface area contributed by atoms with E-state index in [1.165, 1.54) is 5.69 Å². The fourth-order valence-corrected chi connectivity index (χ4v) is 2.36. The lowest BCUT2D eigenvalue weighted by Crippen LogP contribution is -2.51. The van der Waals surface area contributed by atoms with Crippen LogP contribution in [0.15, 0.2) is 30.3 Å². The van der Waals surface area contributed by atoms with Gasteiger partial charge in [0.25, 0.3) is 0 Å². The first-order valence-corrected chi connectivity index (χ1v) is 7.20. The van der Waals surface area contributed by atoms with Gasteiger partial charge in [-0.2, -0.15) is 0 Å². The molecule has 0 atom stereocenters. The smallest absolute Gasteiger partial charge is 0.242 e. The van der Waals surface area contributed by atoms with E-state index in [1.54, 1.807) is 11.9 Å². The highest BCUT2D eigenvalue weighted by Crippen LogP contribution is 2.15. The Kier molecular flexibility index (Phi) is 7.70. The molecule has 1 heterocycles. The summed E-state index contributed by atoms with van der Waals surface area (Å²) in [5, 5.41) is 5.37. The first-order chi connectivity index (χ1) is 10.2. The predicted octanol–water partition coefficient (Wildman–Crippen LogP) is 0.0926. The molecule has 1 aliphatic rings. The SMILES string of the molecule is CNCC(=O)NCC(=O)N1CCN(c2ccccc2)CC1.Cl. The Morgan fingerprint density at radius 1 is 1.05 bits per heavy atom. The number of anilines is 1. The molecular weight excluding hydrogens is 304 g/mol. The third-order valence-electron chi connectivity index (χ3n) is 3.53. The van der Waals surface area contributed by atoms with Crippen LogP contribution in [-0.4, -0.2) is 63.0 Å².